The maximum atomic E-state index is 9.79. The molecule has 2 aliphatic rings. The van der Waals surface area contributed by atoms with Gasteiger partial charge in [0.05, 0.1) is 25.4 Å². The molecular weight excluding hydrogens is 416 g/mol. The zero-order chi connectivity index (χ0) is 23.9. The summed E-state index contributed by atoms with van der Waals surface area (Å²) in [6, 6.07) is 0. The highest BCUT2D eigenvalue weighted by atomic mass is 16.6. The molecule has 8 unspecified atom stereocenters. The minimum Gasteiger partial charge on any atom is -0.394 e. The van der Waals surface area contributed by atoms with Crippen molar-refractivity contribution in [3.63, 3.8) is 0 Å². The Balaban J connectivity index is 0.000000363. The van der Waals surface area contributed by atoms with Gasteiger partial charge in [0.15, 0.2) is 0 Å². The largest absolute Gasteiger partial charge is 0.394 e. The van der Waals surface area contributed by atoms with Gasteiger partial charge in [-0.05, 0) is 25.7 Å². The van der Waals surface area contributed by atoms with Gasteiger partial charge >= 0.3 is 0 Å². The number of hydrogen-bond donors (Lipinski definition) is 6. The van der Waals surface area contributed by atoms with Crippen molar-refractivity contribution in [2.75, 3.05) is 13.2 Å². The summed E-state index contributed by atoms with van der Waals surface area (Å²) in [5, 5.41) is 55.8. The molecular formula is C24H44O8. The zero-order valence-corrected chi connectivity index (χ0v) is 19.2. The van der Waals surface area contributed by atoms with Crippen molar-refractivity contribution in [3.05, 3.63) is 25.3 Å². The van der Waals surface area contributed by atoms with Gasteiger partial charge in [-0.1, -0.05) is 50.7 Å². The van der Waals surface area contributed by atoms with Gasteiger partial charge in [-0.3, -0.25) is 0 Å². The average Bonchev–Trinajstić information content (AvgIpc) is 3.23. The van der Waals surface area contributed by atoms with Crippen molar-refractivity contribution >= 4 is 0 Å². The topological polar surface area (TPSA) is 140 Å². The first kappa shape index (κ1) is 29.2. The average molecular weight is 461 g/mol. The van der Waals surface area contributed by atoms with Crippen LogP contribution in [0.4, 0.5) is 0 Å². The molecule has 2 heterocycles. The van der Waals surface area contributed by atoms with Crippen LogP contribution in [0.3, 0.4) is 0 Å². The fraction of sp³-hybridized carbons (Fsp3) is 0.833. The lowest BCUT2D eigenvalue weighted by molar-refractivity contribution is -0.0246. The molecule has 0 aromatic heterocycles. The molecule has 32 heavy (non-hydrogen) atoms. The molecule has 0 spiro atoms. The van der Waals surface area contributed by atoms with E-state index in [-0.39, 0.29) is 19.3 Å². The predicted molar refractivity (Wildman–Crippen MR) is 122 cm³/mol. The van der Waals surface area contributed by atoms with Crippen molar-refractivity contribution in [1.29, 1.82) is 0 Å². The van der Waals surface area contributed by atoms with E-state index in [1.165, 1.54) is 32.1 Å². The quantitative estimate of drug-likeness (QED) is 0.168. The zero-order valence-electron chi connectivity index (χ0n) is 19.2. The van der Waals surface area contributed by atoms with E-state index < -0.39 is 42.7 Å². The number of rotatable bonds is 14. The van der Waals surface area contributed by atoms with Gasteiger partial charge in [0.1, 0.15) is 36.6 Å². The molecule has 8 nitrogen and oxygen atoms in total. The summed E-state index contributed by atoms with van der Waals surface area (Å²) in [5.74, 6) is 0. The second kappa shape index (κ2) is 16.7. The van der Waals surface area contributed by atoms with Crippen LogP contribution in [-0.2, 0) is 9.47 Å². The van der Waals surface area contributed by atoms with Crippen molar-refractivity contribution in [1.82, 2.24) is 0 Å². The predicted octanol–water partition coefficient (Wildman–Crippen LogP) is 1.21. The number of hydrogen-bond acceptors (Lipinski definition) is 8. The highest BCUT2D eigenvalue weighted by molar-refractivity contribution is 4.93. The molecule has 188 valence electrons. The molecule has 2 saturated heterocycles. The molecule has 8 heteroatoms. The third kappa shape index (κ3) is 9.57. The molecule has 0 aromatic carbocycles. The van der Waals surface area contributed by atoms with Gasteiger partial charge < -0.3 is 40.1 Å². The highest BCUT2D eigenvalue weighted by Gasteiger charge is 2.42. The number of ether oxygens (including phenoxy) is 2. The van der Waals surface area contributed by atoms with Gasteiger partial charge in [-0.25, -0.2) is 0 Å². The van der Waals surface area contributed by atoms with E-state index in [1.54, 1.807) is 6.08 Å². The second-order valence-corrected chi connectivity index (χ2v) is 8.62. The van der Waals surface area contributed by atoms with Gasteiger partial charge in [-0.15, -0.1) is 13.2 Å². The molecule has 0 amide bonds. The first-order valence-corrected chi connectivity index (χ1v) is 11.9. The maximum Gasteiger partial charge on any atom is 0.111 e. The van der Waals surface area contributed by atoms with Gasteiger partial charge in [0.25, 0.3) is 0 Å². The molecule has 6 N–H and O–H groups in total. The van der Waals surface area contributed by atoms with E-state index in [4.69, 9.17) is 19.7 Å². The summed E-state index contributed by atoms with van der Waals surface area (Å²) >= 11 is 0. The van der Waals surface area contributed by atoms with Crippen molar-refractivity contribution in [2.24, 2.45) is 0 Å². The van der Waals surface area contributed by atoms with Crippen LogP contribution in [0.15, 0.2) is 25.3 Å². The Morgan fingerprint density at radius 3 is 1.47 bits per heavy atom. The van der Waals surface area contributed by atoms with Crippen molar-refractivity contribution in [2.45, 2.75) is 113 Å². The van der Waals surface area contributed by atoms with E-state index in [2.05, 4.69) is 13.2 Å². The van der Waals surface area contributed by atoms with Crippen LogP contribution < -0.4 is 0 Å². The van der Waals surface area contributed by atoms with Crippen LogP contribution in [0.2, 0.25) is 0 Å². The molecule has 2 rings (SSSR count). The van der Waals surface area contributed by atoms with Crippen LogP contribution in [0, 0.1) is 0 Å². The van der Waals surface area contributed by atoms with Crippen LogP contribution in [0.1, 0.15) is 64.2 Å². The van der Waals surface area contributed by atoms with E-state index in [0.29, 0.717) is 6.42 Å². The number of aliphatic hydroxyl groups excluding tert-OH is 6. The highest BCUT2D eigenvalue weighted by Crippen LogP contribution is 2.25. The molecule has 0 aliphatic carbocycles. The molecule has 0 bridgehead atoms. The van der Waals surface area contributed by atoms with Crippen molar-refractivity contribution < 1.29 is 40.1 Å². The first-order valence-electron chi connectivity index (χ1n) is 11.9. The summed E-state index contributed by atoms with van der Waals surface area (Å²) in [6.45, 7) is 6.70. The Bertz CT molecular complexity index is 502. The number of aliphatic hydroxyl groups is 6. The molecule has 2 aliphatic heterocycles. The third-order valence-electron chi connectivity index (χ3n) is 6.08. The minimum atomic E-state index is -0.986. The molecule has 0 saturated carbocycles. The van der Waals surface area contributed by atoms with E-state index in [9.17, 15) is 20.4 Å². The smallest absolute Gasteiger partial charge is 0.111 e. The lowest BCUT2D eigenvalue weighted by atomic mass is 10.0. The summed E-state index contributed by atoms with van der Waals surface area (Å²) in [5.41, 5.74) is 0. The summed E-state index contributed by atoms with van der Waals surface area (Å²) in [4.78, 5) is 0. The standard InChI is InChI=1S/C16H30O4.C8H14O4/c1-2-3-4-5-6-7-8-9-10-11-13-15(18)16(19)14(12-17)20-13;1-2-3-5-7(10)8(11)6(4-9)12-5/h2,13-19H,1,3-12H2;2,5-11H,1,3-4H2. The molecule has 0 radical (unpaired) electrons. The van der Waals surface area contributed by atoms with Gasteiger partial charge in [-0.2, -0.15) is 0 Å². The lowest BCUT2D eigenvalue weighted by Crippen LogP contribution is -2.33. The first-order chi connectivity index (χ1) is 15.4. The Hall–Kier alpha value is -0.840. The number of allylic oxidation sites excluding steroid dienone is 1. The molecule has 2 fully saturated rings. The monoisotopic (exact) mass is 460 g/mol. The van der Waals surface area contributed by atoms with Gasteiger partial charge in [0, 0.05) is 0 Å². The van der Waals surface area contributed by atoms with Gasteiger partial charge in [0.2, 0.25) is 0 Å². The Morgan fingerprint density at radius 2 is 1.00 bits per heavy atom. The normalized spacial score (nSPS) is 34.2. The van der Waals surface area contributed by atoms with E-state index in [0.717, 1.165) is 25.7 Å². The van der Waals surface area contributed by atoms with E-state index in [1.807, 2.05) is 6.08 Å². The fourth-order valence-electron chi connectivity index (χ4n) is 4.07. The maximum absolute atomic E-state index is 9.79. The third-order valence-corrected chi connectivity index (χ3v) is 6.08. The lowest BCUT2D eigenvalue weighted by Gasteiger charge is -2.14. The Kier molecular flexibility index (Phi) is 15.3. The second-order valence-electron chi connectivity index (χ2n) is 8.62. The van der Waals surface area contributed by atoms with Crippen LogP contribution in [0.5, 0.6) is 0 Å². The van der Waals surface area contributed by atoms with E-state index >= 15 is 0 Å². The summed E-state index contributed by atoms with van der Waals surface area (Å²) < 4.78 is 10.6. The molecule has 0 aromatic rings. The Labute approximate surface area is 192 Å². The van der Waals surface area contributed by atoms with Crippen LogP contribution in [-0.4, -0.2) is 92.7 Å². The summed E-state index contributed by atoms with van der Waals surface area (Å²) in [6.07, 6.45) is 8.58. The summed E-state index contributed by atoms with van der Waals surface area (Å²) in [7, 11) is 0. The SMILES string of the molecule is C=CCC1OC(CO)C(O)C1O.C=CCCCCCCCCCC1OC(CO)C(O)C1O. The fourth-order valence-corrected chi connectivity index (χ4v) is 4.07. The van der Waals surface area contributed by atoms with Crippen LogP contribution in [0.25, 0.3) is 0 Å². The minimum absolute atomic E-state index is 0.237. The van der Waals surface area contributed by atoms with Crippen LogP contribution >= 0.6 is 0 Å². The Morgan fingerprint density at radius 1 is 0.562 bits per heavy atom. The molecule has 8 atom stereocenters. The number of unbranched alkanes of at least 4 members (excludes halogenated alkanes) is 7. The van der Waals surface area contributed by atoms with Crippen molar-refractivity contribution in [3.8, 4) is 0 Å².